The van der Waals surface area contributed by atoms with Gasteiger partial charge in [-0.15, -0.1) is 0 Å². The predicted molar refractivity (Wildman–Crippen MR) is 141 cm³/mol. The van der Waals surface area contributed by atoms with Crippen molar-refractivity contribution in [2.24, 2.45) is 0 Å². The Morgan fingerprint density at radius 3 is 2.33 bits per heavy atom. The molecule has 3 aromatic carbocycles. The van der Waals surface area contributed by atoms with Crippen LogP contribution in [0.15, 0.2) is 65.6 Å². The first-order chi connectivity index (χ1) is 17.0. The molecule has 0 unspecified atom stereocenters. The lowest BCUT2D eigenvalue weighted by Crippen LogP contribution is -2.26. The van der Waals surface area contributed by atoms with Crippen LogP contribution in [0, 0.1) is 5.82 Å². The Morgan fingerprint density at radius 1 is 0.972 bits per heavy atom. The van der Waals surface area contributed by atoms with Crippen LogP contribution in [0.5, 0.6) is 0 Å². The van der Waals surface area contributed by atoms with Crippen LogP contribution in [0.3, 0.4) is 0 Å². The summed E-state index contributed by atoms with van der Waals surface area (Å²) in [6.45, 7) is 9.25. The number of carbonyl (C=O) groups excluding carboxylic acids is 1. The van der Waals surface area contributed by atoms with Gasteiger partial charge in [-0.2, -0.15) is 0 Å². The van der Waals surface area contributed by atoms with E-state index in [1.54, 1.807) is 23.1 Å². The lowest BCUT2D eigenvalue weighted by Gasteiger charge is -2.19. The summed E-state index contributed by atoms with van der Waals surface area (Å²) >= 11 is 0. The predicted octanol–water partition coefficient (Wildman–Crippen LogP) is 5.96. The lowest BCUT2D eigenvalue weighted by atomic mass is 9.86. The van der Waals surface area contributed by atoms with Crippen molar-refractivity contribution < 1.29 is 17.6 Å². The molecule has 0 saturated carbocycles. The molecule has 7 heteroatoms. The van der Waals surface area contributed by atoms with Gasteiger partial charge in [0.05, 0.1) is 17.0 Å². The Kier molecular flexibility index (Phi) is 7.23. The number of rotatable bonds is 7. The van der Waals surface area contributed by atoms with Crippen LogP contribution in [0.2, 0.25) is 0 Å². The first kappa shape index (κ1) is 25.9. The molecule has 190 valence electrons. The van der Waals surface area contributed by atoms with E-state index in [0.29, 0.717) is 37.2 Å². The number of hydrogen-bond donors (Lipinski definition) is 1. The first-order valence-corrected chi connectivity index (χ1v) is 13.7. The van der Waals surface area contributed by atoms with Crippen molar-refractivity contribution >= 4 is 21.6 Å². The zero-order chi connectivity index (χ0) is 26.1. The van der Waals surface area contributed by atoms with Crippen LogP contribution in [-0.2, 0) is 46.2 Å². The Balaban J connectivity index is 1.46. The zero-order valence-electron chi connectivity index (χ0n) is 21.3. The minimum atomic E-state index is -3.87. The Hall–Kier alpha value is -3.19. The molecule has 0 bridgehead atoms. The maximum Gasteiger partial charge on any atom is 0.261 e. The van der Waals surface area contributed by atoms with Crippen molar-refractivity contribution in [1.29, 1.82) is 0 Å². The number of benzene rings is 3. The van der Waals surface area contributed by atoms with Crippen molar-refractivity contribution in [3.63, 3.8) is 0 Å². The number of aryl methyl sites for hydroxylation is 1. The number of fused-ring (bicyclic) bond motifs is 1. The van der Waals surface area contributed by atoms with Gasteiger partial charge in [-0.05, 0) is 70.0 Å². The Morgan fingerprint density at radius 2 is 1.67 bits per heavy atom. The summed E-state index contributed by atoms with van der Waals surface area (Å²) in [6, 6.07) is 17.2. The fourth-order valence-corrected chi connectivity index (χ4v) is 5.62. The van der Waals surface area contributed by atoms with E-state index in [2.05, 4.69) is 37.6 Å². The van der Waals surface area contributed by atoms with Crippen LogP contribution in [0.4, 0.5) is 10.1 Å². The minimum Gasteiger partial charge on any atom is -0.334 e. The number of sulfonamides is 1. The van der Waals surface area contributed by atoms with Crippen LogP contribution in [0.25, 0.3) is 0 Å². The van der Waals surface area contributed by atoms with E-state index in [9.17, 15) is 17.6 Å². The van der Waals surface area contributed by atoms with Crippen molar-refractivity contribution in [1.82, 2.24) is 4.90 Å². The third-order valence-corrected chi connectivity index (χ3v) is 7.93. The monoisotopic (exact) mass is 508 g/mol. The van der Waals surface area contributed by atoms with Gasteiger partial charge in [-0.1, -0.05) is 64.4 Å². The van der Waals surface area contributed by atoms with Gasteiger partial charge in [-0.3, -0.25) is 9.52 Å². The average Bonchev–Trinajstić information content (AvgIpc) is 3.24. The molecular formula is C29H33FN2O3S. The lowest BCUT2D eigenvalue weighted by molar-refractivity contribution is -0.131. The summed E-state index contributed by atoms with van der Waals surface area (Å²) in [5.41, 5.74) is 5.00. The number of amides is 1. The third-order valence-electron chi connectivity index (χ3n) is 6.57. The molecule has 36 heavy (non-hydrogen) atoms. The highest BCUT2D eigenvalue weighted by atomic mass is 32.2. The molecular weight excluding hydrogens is 475 g/mol. The van der Waals surface area contributed by atoms with Gasteiger partial charge in [0, 0.05) is 13.1 Å². The van der Waals surface area contributed by atoms with Gasteiger partial charge < -0.3 is 4.90 Å². The summed E-state index contributed by atoms with van der Waals surface area (Å²) in [5, 5.41) is 0. The number of halogens is 1. The largest absolute Gasteiger partial charge is 0.334 e. The van der Waals surface area contributed by atoms with E-state index < -0.39 is 15.8 Å². The molecule has 0 atom stereocenters. The summed E-state index contributed by atoms with van der Waals surface area (Å²) in [7, 11) is -3.87. The van der Waals surface area contributed by atoms with Crippen LogP contribution in [-0.4, -0.2) is 19.2 Å². The van der Waals surface area contributed by atoms with Crippen LogP contribution < -0.4 is 4.72 Å². The van der Waals surface area contributed by atoms with Crippen LogP contribution >= 0.6 is 0 Å². The van der Waals surface area contributed by atoms with E-state index in [4.69, 9.17) is 0 Å². The summed E-state index contributed by atoms with van der Waals surface area (Å²) in [4.78, 5) is 14.9. The molecule has 1 aliphatic heterocycles. The van der Waals surface area contributed by atoms with Gasteiger partial charge in [0.15, 0.2) is 0 Å². The zero-order valence-corrected chi connectivity index (χ0v) is 22.1. The second-order valence-electron chi connectivity index (χ2n) is 10.5. The number of nitrogens with zero attached hydrogens (tertiary/aromatic N) is 1. The van der Waals surface area contributed by atoms with Crippen molar-refractivity contribution in [2.75, 3.05) is 4.72 Å². The minimum absolute atomic E-state index is 0.00719. The SMILES string of the molecule is CCCc1cc(F)ccc1NS(=O)(=O)c1ccc2c(c1)CN(C(=O)Cc1ccc(C(C)(C)C)cc1)C2. The van der Waals surface area contributed by atoms with Gasteiger partial charge in [-0.25, -0.2) is 12.8 Å². The standard InChI is InChI=1S/C29H33FN2O3S/c1-5-6-21-16-25(30)12-14-27(21)31-36(34,35)26-13-9-22-18-32(19-23(22)17-26)28(33)15-20-7-10-24(11-8-20)29(2,3)4/h7-14,16-17,31H,5-6,15,18-19H2,1-4H3. The maximum atomic E-state index is 13.7. The normalized spacial score (nSPS) is 13.5. The molecule has 1 heterocycles. The Bertz CT molecular complexity index is 1380. The molecule has 0 fully saturated rings. The molecule has 1 aliphatic rings. The van der Waals surface area contributed by atoms with E-state index in [0.717, 1.165) is 23.1 Å². The molecule has 0 saturated heterocycles. The van der Waals surface area contributed by atoms with Crippen molar-refractivity contribution in [3.05, 3.63) is 94.3 Å². The second-order valence-corrected chi connectivity index (χ2v) is 12.1. The highest BCUT2D eigenvalue weighted by Crippen LogP contribution is 2.29. The van der Waals surface area contributed by atoms with E-state index >= 15 is 0 Å². The average molecular weight is 509 g/mol. The molecule has 0 radical (unpaired) electrons. The fourth-order valence-electron chi connectivity index (χ4n) is 4.47. The number of nitrogens with one attached hydrogen (secondary N) is 1. The summed E-state index contributed by atoms with van der Waals surface area (Å²) in [5.74, 6) is -0.387. The molecule has 5 nitrogen and oxygen atoms in total. The van der Waals surface area contributed by atoms with Crippen molar-refractivity contribution in [2.45, 2.75) is 70.4 Å². The molecule has 3 aromatic rings. The van der Waals surface area contributed by atoms with Gasteiger partial charge in [0.1, 0.15) is 5.82 Å². The highest BCUT2D eigenvalue weighted by molar-refractivity contribution is 7.92. The number of hydrogen-bond acceptors (Lipinski definition) is 3. The van der Waals surface area contributed by atoms with Crippen molar-refractivity contribution in [3.8, 4) is 0 Å². The fraction of sp³-hybridized carbons (Fsp3) is 0.345. The third kappa shape index (κ3) is 5.78. The van der Waals surface area contributed by atoms with E-state index in [1.807, 2.05) is 19.1 Å². The van der Waals surface area contributed by atoms with E-state index in [1.165, 1.54) is 23.8 Å². The molecule has 0 spiro atoms. The van der Waals surface area contributed by atoms with Gasteiger partial charge in [0.2, 0.25) is 5.91 Å². The molecule has 0 aromatic heterocycles. The first-order valence-electron chi connectivity index (χ1n) is 12.3. The summed E-state index contributed by atoms with van der Waals surface area (Å²) < 4.78 is 42.5. The molecule has 0 aliphatic carbocycles. The topological polar surface area (TPSA) is 66.5 Å². The smallest absolute Gasteiger partial charge is 0.261 e. The second kappa shape index (κ2) is 10.1. The van der Waals surface area contributed by atoms with Gasteiger partial charge in [0.25, 0.3) is 10.0 Å². The van der Waals surface area contributed by atoms with Gasteiger partial charge >= 0.3 is 0 Å². The Labute approximate surface area is 213 Å². The number of carbonyl (C=O) groups is 1. The summed E-state index contributed by atoms with van der Waals surface area (Å²) in [6.07, 6.45) is 1.63. The van der Waals surface area contributed by atoms with E-state index in [-0.39, 0.29) is 16.2 Å². The maximum absolute atomic E-state index is 13.7. The molecule has 4 rings (SSSR count). The molecule has 1 N–H and O–H groups in total. The highest BCUT2D eigenvalue weighted by Gasteiger charge is 2.26. The molecule has 1 amide bonds. The number of anilines is 1. The quantitative estimate of drug-likeness (QED) is 0.428. The van der Waals surface area contributed by atoms with Crippen LogP contribution in [0.1, 0.15) is 61.9 Å².